The Balaban J connectivity index is 3.98. The Hall–Kier alpha value is 0.0200. The predicted molar refractivity (Wildman–Crippen MR) is 117 cm³/mol. The molecule has 2 unspecified atom stereocenters. The van der Waals surface area contributed by atoms with E-state index >= 15 is 0 Å². The van der Waals surface area contributed by atoms with Crippen LogP contribution >= 0.6 is 7.82 Å². The van der Waals surface area contributed by atoms with Crippen LogP contribution in [-0.2, 0) is 23.7 Å². The molecule has 2 atom stereocenters. The summed E-state index contributed by atoms with van der Waals surface area (Å²) in [6, 6.07) is 0. The third-order valence-electron chi connectivity index (χ3n) is 5.01. The van der Waals surface area contributed by atoms with Crippen molar-refractivity contribution in [2.75, 3.05) is 12.4 Å². The molecule has 0 fully saturated rings. The van der Waals surface area contributed by atoms with E-state index in [9.17, 15) is 13.0 Å². The van der Waals surface area contributed by atoms with Gasteiger partial charge in [0.1, 0.15) is 0 Å². The molecule has 0 aliphatic carbocycles. The summed E-state index contributed by atoms with van der Waals surface area (Å²) in [6.45, 7) is 5.25. The fraction of sp³-hybridized carbons (Fsp3) is 1.00. The van der Waals surface area contributed by atoms with Crippen molar-refractivity contribution < 1.29 is 32.0 Å². The molecule has 0 amide bonds. The van der Waals surface area contributed by atoms with Crippen molar-refractivity contribution >= 4 is 17.7 Å². The van der Waals surface area contributed by atoms with Crippen LogP contribution in [0.4, 0.5) is 0 Å². The summed E-state index contributed by atoms with van der Waals surface area (Å²) < 4.78 is 45.2. The van der Waals surface area contributed by atoms with Crippen molar-refractivity contribution in [3.8, 4) is 0 Å². The lowest BCUT2D eigenvalue weighted by molar-refractivity contribution is 0.0234. The Morgan fingerprint density at radius 3 is 1.76 bits per heavy atom. The van der Waals surface area contributed by atoms with Crippen LogP contribution in [0, 0.1) is 0 Å². The van der Waals surface area contributed by atoms with Crippen molar-refractivity contribution in [3.63, 3.8) is 0 Å². The minimum absolute atomic E-state index is 0.0846. The van der Waals surface area contributed by atoms with Crippen molar-refractivity contribution in [1.82, 2.24) is 0 Å². The van der Waals surface area contributed by atoms with Gasteiger partial charge in [-0.25, -0.2) is 13.0 Å². The van der Waals surface area contributed by atoms with Crippen LogP contribution in [0.2, 0.25) is 0 Å². The smallest absolute Gasteiger partial charge is 0.359 e. The zero-order valence-electron chi connectivity index (χ0n) is 18.6. The number of rotatable bonds is 20. The van der Waals surface area contributed by atoms with Crippen molar-refractivity contribution in [1.29, 1.82) is 0 Å². The number of phosphoric ester groups is 1. The van der Waals surface area contributed by atoms with Gasteiger partial charge in [0.25, 0.3) is 0 Å². The lowest BCUT2D eigenvalue weighted by atomic mass is 10.0. The Morgan fingerprint density at radius 1 is 0.828 bits per heavy atom. The molecule has 0 radical (unpaired) electrons. The zero-order chi connectivity index (χ0) is 22.2. The zero-order valence-corrected chi connectivity index (χ0v) is 20.3. The molecule has 0 heterocycles. The van der Waals surface area contributed by atoms with E-state index in [1.807, 2.05) is 6.92 Å². The van der Waals surface area contributed by atoms with Gasteiger partial charge in [-0.2, -0.15) is 0 Å². The third kappa shape index (κ3) is 17.4. The number of sulfone groups is 1. The summed E-state index contributed by atoms with van der Waals surface area (Å²) in [5.41, 5.74) is -1.10. The summed E-state index contributed by atoms with van der Waals surface area (Å²) in [4.78, 5) is 17.5. The quantitative estimate of drug-likeness (QED) is 0.187. The fourth-order valence-corrected chi connectivity index (χ4v) is 4.74. The number of hydrogen-bond acceptors (Lipinski definition) is 5. The molecule has 0 aliphatic rings. The fourth-order valence-electron chi connectivity index (χ4n) is 3.21. The minimum atomic E-state index is -4.61. The van der Waals surface area contributed by atoms with E-state index < -0.39 is 23.1 Å². The molecule has 0 saturated heterocycles. The molecule has 7 nitrogen and oxygen atoms in total. The molecule has 0 aliphatic heterocycles. The second-order valence-corrected chi connectivity index (χ2v) is 11.4. The van der Waals surface area contributed by atoms with E-state index in [2.05, 4.69) is 11.4 Å². The predicted octanol–water partition coefficient (Wildman–Crippen LogP) is 5.35. The van der Waals surface area contributed by atoms with Gasteiger partial charge in [-0.3, -0.25) is 4.52 Å². The number of phosphoric acid groups is 1. The van der Waals surface area contributed by atoms with Gasteiger partial charge in [0, 0.05) is 12.2 Å². The Labute approximate surface area is 178 Å². The number of unbranched alkanes of at least 4 members (excludes halogenated alkanes) is 10. The molecule has 9 heteroatoms. The summed E-state index contributed by atoms with van der Waals surface area (Å²) in [5, 5.41) is 0. The molecule has 0 aromatic rings. The highest BCUT2D eigenvalue weighted by Gasteiger charge is 2.27. The molecule has 0 rings (SSSR count). The Kier molecular flexibility index (Phi) is 16.7. The molecule has 29 heavy (non-hydrogen) atoms. The second kappa shape index (κ2) is 16.7. The Morgan fingerprint density at radius 2 is 1.31 bits per heavy atom. The van der Waals surface area contributed by atoms with Crippen molar-refractivity contribution in [2.45, 2.75) is 116 Å². The van der Waals surface area contributed by atoms with Crippen LogP contribution in [0.1, 0.15) is 104 Å². The normalized spacial score (nSPS) is 14.8. The maximum Gasteiger partial charge on any atom is 0.469 e. The molecule has 176 valence electrons. The first-order chi connectivity index (χ1) is 13.6. The van der Waals surface area contributed by atoms with Gasteiger partial charge in [-0.1, -0.05) is 84.5 Å². The monoisotopic (exact) mass is 458 g/mol. The molecule has 2 N–H and O–H groups in total. The van der Waals surface area contributed by atoms with E-state index in [-0.39, 0.29) is 24.9 Å². The molecular formula is C20H43O7PS. The van der Waals surface area contributed by atoms with E-state index in [0.717, 1.165) is 19.3 Å². The maximum absolute atomic E-state index is 12.2. The molecule has 0 bridgehead atoms. The molecule has 0 saturated carbocycles. The van der Waals surface area contributed by atoms with Gasteiger partial charge in [0.2, 0.25) is 0 Å². The van der Waals surface area contributed by atoms with E-state index in [1.54, 1.807) is 0 Å². The summed E-state index contributed by atoms with van der Waals surface area (Å²) in [7, 11) is -8.09. The third-order valence-corrected chi connectivity index (χ3v) is 7.49. The number of hydrogen-bond donors (Lipinski definition) is 2. The summed E-state index contributed by atoms with van der Waals surface area (Å²) >= 11 is 0. The average Bonchev–Trinajstić information content (AvgIpc) is 2.64. The summed E-state index contributed by atoms with van der Waals surface area (Å²) in [6.07, 6.45) is 14.2. The topological polar surface area (TPSA) is 110 Å². The largest absolute Gasteiger partial charge is 0.469 e. The lowest BCUT2D eigenvalue weighted by Crippen LogP contribution is -2.31. The lowest BCUT2D eigenvalue weighted by Gasteiger charge is -2.22. The van der Waals surface area contributed by atoms with Gasteiger partial charge in [0.05, 0.1) is 12.7 Å². The van der Waals surface area contributed by atoms with Crippen LogP contribution in [0.5, 0.6) is 0 Å². The summed E-state index contributed by atoms with van der Waals surface area (Å²) in [5.74, 6) is -0.0846. The second-order valence-electron chi connectivity index (χ2n) is 7.76. The van der Waals surface area contributed by atoms with E-state index in [4.69, 9.17) is 14.5 Å². The molecule has 0 spiro atoms. The molecule has 0 aromatic heterocycles. The Bertz CT molecular complexity index is 533. The standard InChI is InChI=1S/C20H43O7PS/c1-4-6-7-8-9-10-11-12-13-14-15-16-19(3)27-20(29(24,25)5-2)17-18-26-28(21,22)23/h19-20H,4-18H2,1-3H3,(H2,21,22,23). The van der Waals surface area contributed by atoms with Gasteiger partial charge in [-0.05, 0) is 13.3 Å². The maximum atomic E-state index is 12.2. The van der Waals surface area contributed by atoms with Crippen LogP contribution in [0.3, 0.4) is 0 Å². The first-order valence-electron chi connectivity index (χ1n) is 11.2. The van der Waals surface area contributed by atoms with Crippen LogP contribution in [0.15, 0.2) is 0 Å². The highest BCUT2D eigenvalue weighted by Crippen LogP contribution is 2.36. The van der Waals surface area contributed by atoms with Crippen molar-refractivity contribution in [3.05, 3.63) is 0 Å². The van der Waals surface area contributed by atoms with Crippen molar-refractivity contribution in [2.24, 2.45) is 0 Å². The first kappa shape index (κ1) is 29.0. The minimum Gasteiger partial charge on any atom is -0.359 e. The van der Waals surface area contributed by atoms with Gasteiger partial charge < -0.3 is 14.5 Å². The van der Waals surface area contributed by atoms with Gasteiger partial charge in [0.15, 0.2) is 15.3 Å². The first-order valence-corrected chi connectivity index (χ1v) is 14.4. The van der Waals surface area contributed by atoms with Crippen LogP contribution in [0.25, 0.3) is 0 Å². The molecule has 0 aromatic carbocycles. The van der Waals surface area contributed by atoms with Crippen LogP contribution < -0.4 is 0 Å². The number of ether oxygens (including phenoxy) is 1. The SMILES string of the molecule is CCCCCCCCCCCCCC(C)OC(CCOP(=O)(O)O)S(=O)(=O)CC. The van der Waals surface area contributed by atoms with E-state index in [0.29, 0.717) is 0 Å². The van der Waals surface area contributed by atoms with E-state index in [1.165, 1.54) is 64.7 Å². The molecular weight excluding hydrogens is 415 g/mol. The highest BCUT2D eigenvalue weighted by molar-refractivity contribution is 7.91. The van der Waals surface area contributed by atoms with Gasteiger partial charge >= 0.3 is 7.82 Å². The average molecular weight is 459 g/mol. The van der Waals surface area contributed by atoms with Gasteiger partial charge in [-0.15, -0.1) is 0 Å². The highest BCUT2D eigenvalue weighted by atomic mass is 32.2. The van der Waals surface area contributed by atoms with Crippen LogP contribution in [-0.4, -0.2) is 42.1 Å².